The van der Waals surface area contributed by atoms with Gasteiger partial charge in [-0.2, -0.15) is 0 Å². The molecule has 1 aromatic heterocycles. The molecule has 1 N–H and O–H groups in total. The minimum Gasteiger partial charge on any atom is -0.507 e. The topological polar surface area (TPSA) is 79.7 Å². The van der Waals surface area contributed by atoms with Gasteiger partial charge < -0.3 is 9.84 Å². The van der Waals surface area contributed by atoms with Crippen molar-refractivity contribution >= 4 is 44.1 Å². The molecule has 35 heavy (non-hydrogen) atoms. The van der Waals surface area contributed by atoms with Gasteiger partial charge in [-0.25, -0.2) is 9.37 Å². The largest absolute Gasteiger partial charge is 0.507 e. The van der Waals surface area contributed by atoms with Gasteiger partial charge in [-0.1, -0.05) is 48.6 Å². The summed E-state index contributed by atoms with van der Waals surface area (Å²) in [6.45, 7) is 2.57. The Kier molecular flexibility index (Phi) is 6.05. The molecule has 0 spiro atoms. The second-order valence-corrected chi connectivity index (χ2v) is 9.07. The molecule has 1 aliphatic rings. The number of rotatable bonds is 6. The number of hydrogen-bond donors (Lipinski definition) is 1. The Morgan fingerprint density at radius 2 is 1.83 bits per heavy atom. The van der Waals surface area contributed by atoms with Gasteiger partial charge in [-0.3, -0.25) is 14.5 Å². The maximum Gasteiger partial charge on any atom is 0.301 e. The SMILES string of the molecule is CCCOc1ccc(/C(O)=C2\C(=O)C(=O)N(c3nc4ccc(F)cc4s3)C2c2ccccc2)cc1. The first-order valence-electron chi connectivity index (χ1n) is 11.1. The normalized spacial score (nSPS) is 17.3. The summed E-state index contributed by atoms with van der Waals surface area (Å²) in [5, 5.41) is 11.5. The van der Waals surface area contributed by atoms with Crippen molar-refractivity contribution in [3.05, 3.63) is 95.3 Å². The summed E-state index contributed by atoms with van der Waals surface area (Å²) in [7, 11) is 0. The van der Waals surface area contributed by atoms with Gasteiger partial charge >= 0.3 is 5.91 Å². The van der Waals surface area contributed by atoms with E-state index in [4.69, 9.17) is 4.74 Å². The molecule has 2 heterocycles. The highest BCUT2D eigenvalue weighted by atomic mass is 32.1. The van der Waals surface area contributed by atoms with Crippen molar-refractivity contribution in [3.63, 3.8) is 0 Å². The first kappa shape index (κ1) is 22.7. The lowest BCUT2D eigenvalue weighted by atomic mass is 9.95. The van der Waals surface area contributed by atoms with Gasteiger partial charge in [0.2, 0.25) is 0 Å². The number of ether oxygens (including phenoxy) is 1. The molecule has 0 aliphatic carbocycles. The van der Waals surface area contributed by atoms with E-state index in [1.807, 2.05) is 13.0 Å². The van der Waals surface area contributed by atoms with Crippen LogP contribution in [0, 0.1) is 5.82 Å². The zero-order chi connectivity index (χ0) is 24.5. The number of halogens is 1. The minimum atomic E-state index is -0.891. The standard InChI is InChI=1S/C27H21FN2O4S/c1-2-14-34-19-11-8-17(9-12-19)24(31)22-23(16-6-4-3-5-7-16)30(26(33)25(22)32)27-29-20-13-10-18(28)15-21(20)35-27/h3-13,15,23,31H,2,14H2,1H3/b24-22+. The molecule has 176 valence electrons. The number of aromatic nitrogens is 1. The maximum absolute atomic E-state index is 13.8. The molecule has 1 amide bonds. The number of benzene rings is 3. The average molecular weight is 489 g/mol. The average Bonchev–Trinajstić information content (AvgIpc) is 3.40. The lowest BCUT2D eigenvalue weighted by molar-refractivity contribution is -0.132. The molecule has 0 bridgehead atoms. The van der Waals surface area contributed by atoms with Crippen LogP contribution in [0.2, 0.25) is 0 Å². The Balaban J connectivity index is 1.64. The lowest BCUT2D eigenvalue weighted by Crippen LogP contribution is -2.29. The number of carbonyl (C=O) groups excluding carboxylic acids is 2. The summed E-state index contributed by atoms with van der Waals surface area (Å²) in [6.07, 6.45) is 0.862. The van der Waals surface area contributed by atoms with E-state index < -0.39 is 23.5 Å². The van der Waals surface area contributed by atoms with Crippen LogP contribution in [-0.4, -0.2) is 28.4 Å². The molecule has 6 nitrogen and oxygen atoms in total. The first-order valence-corrected chi connectivity index (χ1v) is 11.9. The maximum atomic E-state index is 13.8. The summed E-state index contributed by atoms with van der Waals surface area (Å²) in [4.78, 5) is 32.3. The van der Waals surface area contributed by atoms with E-state index in [1.54, 1.807) is 48.5 Å². The molecule has 1 saturated heterocycles. The third kappa shape index (κ3) is 4.17. The quantitative estimate of drug-likeness (QED) is 0.209. The van der Waals surface area contributed by atoms with Crippen molar-refractivity contribution in [2.75, 3.05) is 11.5 Å². The van der Waals surface area contributed by atoms with Gasteiger partial charge in [0.15, 0.2) is 5.13 Å². The van der Waals surface area contributed by atoms with Gasteiger partial charge in [0.05, 0.1) is 28.4 Å². The van der Waals surface area contributed by atoms with E-state index in [9.17, 15) is 19.1 Å². The third-order valence-corrected chi connectivity index (χ3v) is 6.72. The summed E-state index contributed by atoms with van der Waals surface area (Å²) in [6, 6.07) is 19.0. The number of amides is 1. The van der Waals surface area contributed by atoms with Crippen LogP contribution >= 0.6 is 11.3 Å². The summed E-state index contributed by atoms with van der Waals surface area (Å²) >= 11 is 1.11. The molecule has 1 fully saturated rings. The third-order valence-electron chi connectivity index (χ3n) is 5.71. The first-order chi connectivity index (χ1) is 17.0. The van der Waals surface area contributed by atoms with Crippen LogP contribution in [0.1, 0.15) is 30.5 Å². The Hall–Kier alpha value is -4.04. The van der Waals surface area contributed by atoms with Crippen molar-refractivity contribution in [1.29, 1.82) is 0 Å². The van der Waals surface area contributed by atoms with Crippen LogP contribution in [-0.2, 0) is 9.59 Å². The molecule has 0 radical (unpaired) electrons. The highest BCUT2D eigenvalue weighted by molar-refractivity contribution is 7.22. The van der Waals surface area contributed by atoms with E-state index in [0.717, 1.165) is 17.8 Å². The summed E-state index contributed by atoms with van der Waals surface area (Å²) in [5.74, 6) is -1.67. The Labute approximate surface area is 204 Å². The predicted octanol–water partition coefficient (Wildman–Crippen LogP) is 5.85. The van der Waals surface area contributed by atoms with Crippen LogP contribution in [0.15, 0.2) is 78.4 Å². The Morgan fingerprint density at radius 3 is 2.54 bits per heavy atom. The fraction of sp³-hybridized carbons (Fsp3) is 0.148. The van der Waals surface area contributed by atoms with Gasteiger partial charge in [-0.15, -0.1) is 0 Å². The van der Waals surface area contributed by atoms with Crippen molar-refractivity contribution < 1.29 is 23.8 Å². The molecule has 1 atom stereocenters. The smallest absolute Gasteiger partial charge is 0.301 e. The molecular formula is C27H21FN2O4S. The number of thiazole rings is 1. The Morgan fingerprint density at radius 1 is 1.09 bits per heavy atom. The highest BCUT2D eigenvalue weighted by Gasteiger charge is 2.48. The number of carbonyl (C=O) groups is 2. The molecule has 5 rings (SSSR count). The van der Waals surface area contributed by atoms with Crippen LogP contribution < -0.4 is 9.64 Å². The predicted molar refractivity (Wildman–Crippen MR) is 133 cm³/mol. The summed E-state index contributed by atoms with van der Waals surface area (Å²) in [5.41, 5.74) is 1.51. The zero-order valence-electron chi connectivity index (χ0n) is 18.8. The van der Waals surface area contributed by atoms with Crippen molar-refractivity contribution in [2.45, 2.75) is 19.4 Å². The Bertz CT molecular complexity index is 1450. The number of hydrogen-bond acceptors (Lipinski definition) is 6. The van der Waals surface area contributed by atoms with E-state index >= 15 is 0 Å². The highest BCUT2D eigenvalue weighted by Crippen LogP contribution is 2.44. The molecule has 1 unspecified atom stereocenters. The van der Waals surface area contributed by atoms with Crippen molar-refractivity contribution in [1.82, 2.24) is 4.98 Å². The summed E-state index contributed by atoms with van der Waals surface area (Å²) < 4.78 is 19.9. The molecule has 1 aliphatic heterocycles. The second-order valence-electron chi connectivity index (χ2n) is 8.06. The second kappa shape index (κ2) is 9.31. The van der Waals surface area contributed by atoms with Crippen LogP contribution in [0.3, 0.4) is 0 Å². The number of fused-ring (bicyclic) bond motifs is 1. The fourth-order valence-electron chi connectivity index (χ4n) is 4.05. The molecule has 8 heteroatoms. The monoisotopic (exact) mass is 488 g/mol. The molecule has 0 saturated carbocycles. The number of anilines is 1. The van der Waals surface area contributed by atoms with Gasteiger partial charge in [0.25, 0.3) is 5.78 Å². The van der Waals surface area contributed by atoms with E-state index in [2.05, 4.69) is 4.98 Å². The van der Waals surface area contributed by atoms with E-state index in [1.165, 1.54) is 23.1 Å². The minimum absolute atomic E-state index is 0.0335. The van der Waals surface area contributed by atoms with Crippen molar-refractivity contribution in [3.8, 4) is 5.75 Å². The zero-order valence-corrected chi connectivity index (χ0v) is 19.6. The van der Waals surface area contributed by atoms with Gasteiger partial charge in [-0.05, 0) is 54.4 Å². The van der Waals surface area contributed by atoms with Crippen LogP contribution in [0.4, 0.5) is 9.52 Å². The van der Waals surface area contributed by atoms with Crippen molar-refractivity contribution in [2.24, 2.45) is 0 Å². The number of ketones is 1. The lowest BCUT2D eigenvalue weighted by Gasteiger charge is -2.22. The number of Topliss-reactive ketones (excluding diaryl/α,β-unsaturated/α-hetero) is 1. The number of aliphatic hydroxyl groups excluding tert-OH is 1. The number of nitrogens with zero attached hydrogens (tertiary/aromatic N) is 2. The van der Waals surface area contributed by atoms with Crippen LogP contribution in [0.25, 0.3) is 16.0 Å². The number of aliphatic hydroxyl groups is 1. The van der Waals surface area contributed by atoms with Gasteiger partial charge in [0, 0.05) is 5.56 Å². The van der Waals surface area contributed by atoms with Crippen LogP contribution in [0.5, 0.6) is 5.75 Å². The molecule has 3 aromatic carbocycles. The molecule has 4 aromatic rings. The van der Waals surface area contributed by atoms with E-state index in [-0.39, 0.29) is 16.5 Å². The fourth-order valence-corrected chi connectivity index (χ4v) is 5.07. The van der Waals surface area contributed by atoms with Gasteiger partial charge in [0.1, 0.15) is 17.3 Å². The molecular weight excluding hydrogens is 467 g/mol. The van der Waals surface area contributed by atoms with E-state index in [0.29, 0.717) is 33.7 Å².